The molecule has 1 aliphatic carbocycles. The quantitative estimate of drug-likeness (QED) is 0.163. The monoisotopic (exact) mass is 1070 g/mol. The molecular formula is C78H50N6. The van der Waals surface area contributed by atoms with Gasteiger partial charge in [-0.3, -0.25) is 0 Å². The third-order valence-electron chi connectivity index (χ3n) is 18.6. The highest BCUT2D eigenvalue weighted by Gasteiger charge is 2.44. The van der Waals surface area contributed by atoms with Crippen molar-refractivity contribution in [2.45, 2.75) is 12.0 Å². The Balaban J connectivity index is 0.786. The number of anilines is 2. The van der Waals surface area contributed by atoms with E-state index in [1.807, 2.05) is 0 Å². The van der Waals surface area contributed by atoms with Gasteiger partial charge in [-0.05, 0) is 115 Å². The van der Waals surface area contributed by atoms with Crippen LogP contribution in [-0.4, -0.2) is 28.9 Å². The molecule has 19 rings (SSSR count). The van der Waals surface area contributed by atoms with E-state index in [0.717, 1.165) is 34.0 Å². The molecule has 0 bridgehead atoms. The first-order valence-electron chi connectivity index (χ1n) is 29.2. The third-order valence-corrected chi connectivity index (χ3v) is 18.6. The minimum Gasteiger partial charge on any atom is -0.333 e. The Bertz CT molecular complexity index is 5570. The van der Waals surface area contributed by atoms with Crippen LogP contribution in [0.2, 0.25) is 0 Å². The Morgan fingerprint density at radius 2 is 0.643 bits per heavy atom. The average molecular weight is 1070 g/mol. The molecule has 2 unspecified atom stereocenters. The third kappa shape index (κ3) is 6.18. The van der Waals surface area contributed by atoms with Gasteiger partial charge >= 0.3 is 0 Å². The molecule has 392 valence electrons. The van der Waals surface area contributed by atoms with Gasteiger partial charge in [-0.1, -0.05) is 182 Å². The average Bonchev–Trinajstić information content (AvgIpc) is 2.11. The second-order valence-electron chi connectivity index (χ2n) is 22.8. The van der Waals surface area contributed by atoms with Crippen LogP contribution in [0, 0.1) is 0 Å². The normalized spacial score (nSPS) is 14.8. The maximum Gasteiger partial charge on any atom is 0.0650 e. The highest BCUT2D eigenvalue weighted by molar-refractivity contribution is 6.26. The summed E-state index contributed by atoms with van der Waals surface area (Å²) in [4.78, 5) is 2.59. The van der Waals surface area contributed by atoms with Gasteiger partial charge in [0, 0.05) is 99.5 Å². The molecule has 0 fully saturated rings. The van der Waals surface area contributed by atoms with Gasteiger partial charge in [-0.2, -0.15) is 0 Å². The zero-order chi connectivity index (χ0) is 54.7. The molecule has 6 nitrogen and oxygen atoms in total. The lowest BCUT2D eigenvalue weighted by molar-refractivity contribution is 0.692. The fourth-order valence-electron chi connectivity index (χ4n) is 15.3. The van der Waals surface area contributed by atoms with Crippen LogP contribution < -0.4 is 4.90 Å². The summed E-state index contributed by atoms with van der Waals surface area (Å²) in [5, 5.41) is 11.2. The van der Waals surface area contributed by atoms with Crippen molar-refractivity contribution < 1.29 is 0 Å². The minimum atomic E-state index is 0.0312. The predicted molar refractivity (Wildman–Crippen MR) is 350 cm³/mol. The van der Waals surface area contributed by atoms with Crippen molar-refractivity contribution in [1.82, 2.24) is 22.8 Å². The fraction of sp³-hybridized carbons (Fsp3) is 0.0256. The van der Waals surface area contributed by atoms with E-state index in [9.17, 15) is 0 Å². The van der Waals surface area contributed by atoms with Crippen LogP contribution in [-0.2, 0) is 0 Å². The maximum absolute atomic E-state index is 2.59. The van der Waals surface area contributed by atoms with Crippen molar-refractivity contribution in [3.05, 3.63) is 302 Å². The van der Waals surface area contributed by atoms with E-state index < -0.39 is 0 Å². The van der Waals surface area contributed by atoms with Gasteiger partial charge in [-0.15, -0.1) is 0 Å². The Morgan fingerprint density at radius 1 is 0.262 bits per heavy atom. The molecule has 6 heteroatoms. The Hall–Kier alpha value is -11.1. The summed E-state index contributed by atoms with van der Waals surface area (Å²) in [5.41, 5.74) is 22.7. The first kappa shape index (κ1) is 45.6. The Kier molecular flexibility index (Phi) is 9.36. The highest BCUT2D eigenvalue weighted by atomic mass is 15.2. The zero-order valence-corrected chi connectivity index (χ0v) is 45.6. The van der Waals surface area contributed by atoms with E-state index in [1.165, 1.54) is 121 Å². The summed E-state index contributed by atoms with van der Waals surface area (Å²) in [6, 6.07) is 103. The molecule has 0 N–H and O–H groups in total. The van der Waals surface area contributed by atoms with Crippen LogP contribution >= 0.6 is 0 Å². The van der Waals surface area contributed by atoms with Crippen molar-refractivity contribution in [3.63, 3.8) is 0 Å². The van der Waals surface area contributed by atoms with Crippen molar-refractivity contribution in [2.24, 2.45) is 0 Å². The first-order valence-corrected chi connectivity index (χ1v) is 29.2. The van der Waals surface area contributed by atoms with E-state index in [-0.39, 0.29) is 12.0 Å². The molecular weight excluding hydrogens is 1020 g/mol. The van der Waals surface area contributed by atoms with Gasteiger partial charge in [0.1, 0.15) is 0 Å². The predicted octanol–water partition coefficient (Wildman–Crippen LogP) is 19.7. The lowest BCUT2D eigenvalue weighted by atomic mass is 9.84. The molecule has 1 aliphatic heterocycles. The second kappa shape index (κ2) is 17.2. The van der Waals surface area contributed by atoms with E-state index in [2.05, 4.69) is 319 Å². The summed E-state index contributed by atoms with van der Waals surface area (Å²) in [7, 11) is 0. The molecule has 0 radical (unpaired) electrons. The fourth-order valence-corrected chi connectivity index (χ4v) is 15.3. The molecule has 0 amide bonds. The lowest BCUT2D eigenvalue weighted by Gasteiger charge is -2.32. The van der Waals surface area contributed by atoms with E-state index in [0.29, 0.717) is 0 Å². The van der Waals surface area contributed by atoms with Crippen LogP contribution in [0.1, 0.15) is 22.7 Å². The Morgan fingerprint density at radius 3 is 1.19 bits per heavy atom. The topological polar surface area (TPSA) is 27.9 Å². The molecule has 0 spiro atoms. The number of rotatable bonds is 6. The van der Waals surface area contributed by atoms with Crippen LogP contribution in [0.3, 0.4) is 0 Å². The van der Waals surface area contributed by atoms with Crippen molar-refractivity contribution in [1.29, 1.82) is 0 Å². The number of hydrogen-bond donors (Lipinski definition) is 0. The molecule has 12 aromatic carbocycles. The van der Waals surface area contributed by atoms with Crippen molar-refractivity contribution in [2.75, 3.05) is 4.90 Å². The molecule has 84 heavy (non-hydrogen) atoms. The summed E-state index contributed by atoms with van der Waals surface area (Å²) >= 11 is 0. The van der Waals surface area contributed by atoms with Crippen molar-refractivity contribution in [3.8, 4) is 28.4 Å². The number of para-hydroxylation sites is 8. The lowest BCUT2D eigenvalue weighted by Crippen LogP contribution is -2.31. The SMILES string of the molecule is C1=CC2C(c3ccccc3N2c2cccc(-n3c4ccccc4c4ccccc43)c2)c2c1c1ccccc1n2-c1cccc(-n2c3ccccc3c3c2ccc2c4ccccc4n(-c4cccc(-n5c6ccccc6c6ccccc65)c4)c23)c1. The van der Waals surface area contributed by atoms with Gasteiger partial charge in [0.25, 0.3) is 0 Å². The second-order valence-corrected chi connectivity index (χ2v) is 22.8. The van der Waals surface area contributed by atoms with Gasteiger partial charge in [0.05, 0.1) is 61.6 Å². The van der Waals surface area contributed by atoms with Gasteiger partial charge < -0.3 is 27.7 Å². The summed E-state index contributed by atoms with van der Waals surface area (Å²) in [6.07, 6.45) is 4.87. The van der Waals surface area contributed by atoms with Crippen LogP contribution in [0.25, 0.3) is 133 Å². The van der Waals surface area contributed by atoms with Gasteiger partial charge in [-0.25, -0.2) is 0 Å². The van der Waals surface area contributed by atoms with E-state index in [4.69, 9.17) is 0 Å². The molecule has 6 heterocycles. The zero-order valence-electron chi connectivity index (χ0n) is 45.6. The number of aromatic nitrogens is 5. The van der Waals surface area contributed by atoms with Crippen LogP contribution in [0.4, 0.5) is 11.4 Å². The smallest absolute Gasteiger partial charge is 0.0650 e. The largest absolute Gasteiger partial charge is 0.333 e. The van der Waals surface area contributed by atoms with E-state index in [1.54, 1.807) is 0 Å². The number of nitrogens with zero attached hydrogens (tertiary/aromatic N) is 6. The standard InChI is InChI=1S/C78H50N6/c1-9-34-65-55(26-1)56-27-2-10-35-66(56)79(65)49-20-17-22-51(46-49)81-71-40-15-7-32-63(71)75-73(81)44-42-62-60-31-6-14-39-70(60)84(78(62)75)54-25-19-23-52(48-54)82-72-41-16-8-33-64(72)76-74(82)45-43-61-59-30-5-13-38-69(59)83(77(61)76)53-24-18-21-50(47-53)80-67-36-11-3-28-57(67)58-29-4-12-37-68(58)80/h1-48,73,75H. The molecule has 17 aromatic rings. The van der Waals surface area contributed by atoms with Crippen LogP contribution in [0.5, 0.6) is 0 Å². The molecule has 5 aromatic heterocycles. The molecule has 2 aliphatic rings. The maximum atomic E-state index is 2.59. The molecule has 0 saturated carbocycles. The summed E-state index contributed by atoms with van der Waals surface area (Å²) in [6.45, 7) is 0. The highest BCUT2D eigenvalue weighted by Crippen LogP contribution is 2.54. The number of benzene rings is 12. The molecule has 2 atom stereocenters. The van der Waals surface area contributed by atoms with Crippen molar-refractivity contribution >= 4 is 116 Å². The van der Waals surface area contributed by atoms with E-state index >= 15 is 0 Å². The first-order chi connectivity index (χ1) is 41.7. The number of fused-ring (bicyclic) bond motifs is 20. The Labute approximate surface area is 483 Å². The number of hydrogen-bond acceptors (Lipinski definition) is 1. The minimum absolute atomic E-state index is 0.0312. The molecule has 0 saturated heterocycles. The van der Waals surface area contributed by atoms with Crippen LogP contribution in [0.15, 0.2) is 285 Å². The summed E-state index contributed by atoms with van der Waals surface area (Å²) < 4.78 is 12.5. The summed E-state index contributed by atoms with van der Waals surface area (Å²) in [5.74, 6) is 0.0473. The van der Waals surface area contributed by atoms with Gasteiger partial charge in [0.2, 0.25) is 0 Å². The van der Waals surface area contributed by atoms with Gasteiger partial charge in [0.15, 0.2) is 0 Å².